The second-order valence-corrected chi connectivity index (χ2v) is 4.06. The van der Waals surface area contributed by atoms with E-state index in [2.05, 4.69) is 39.4 Å². The summed E-state index contributed by atoms with van der Waals surface area (Å²) >= 11 is 0. The third-order valence-electron chi connectivity index (χ3n) is 2.84. The van der Waals surface area contributed by atoms with E-state index < -0.39 is 0 Å². The molecule has 26 heavy (non-hydrogen) atoms. The van der Waals surface area contributed by atoms with Crippen molar-refractivity contribution in [1.29, 1.82) is 0 Å². The van der Waals surface area contributed by atoms with E-state index >= 15 is 0 Å². The van der Waals surface area contributed by atoms with Gasteiger partial charge in [-0.05, 0) is 25.0 Å². The van der Waals surface area contributed by atoms with Gasteiger partial charge in [-0.15, -0.1) is 0 Å². The van der Waals surface area contributed by atoms with Gasteiger partial charge in [0.1, 0.15) is 5.82 Å². The lowest BCUT2D eigenvalue weighted by molar-refractivity contribution is 1.00. The maximum absolute atomic E-state index is 4.21. The van der Waals surface area contributed by atoms with Crippen molar-refractivity contribution in [3.8, 4) is 0 Å². The van der Waals surface area contributed by atoms with Gasteiger partial charge in [0.25, 0.3) is 0 Å². The summed E-state index contributed by atoms with van der Waals surface area (Å²) < 4.78 is 0. The summed E-state index contributed by atoms with van der Waals surface area (Å²) in [6.45, 7) is 16.2. The van der Waals surface area contributed by atoms with Gasteiger partial charge in [0.15, 0.2) is 0 Å². The minimum Gasteiger partial charge on any atom is -0.387 e. The fraction of sp³-hybridized carbons (Fsp3) is 0.571. The number of aromatic nitrogens is 3. The van der Waals surface area contributed by atoms with Crippen LogP contribution in [-0.2, 0) is 12.8 Å². The molecule has 0 atom stereocenters. The van der Waals surface area contributed by atoms with Gasteiger partial charge in [0.2, 0.25) is 0 Å². The number of aryl methyl sites for hydroxylation is 2. The zero-order chi connectivity index (χ0) is 20.8. The zero-order valence-electron chi connectivity index (χ0n) is 18.6. The van der Waals surface area contributed by atoms with Crippen molar-refractivity contribution in [2.75, 3.05) is 24.7 Å². The van der Waals surface area contributed by atoms with E-state index in [1.807, 2.05) is 74.0 Å². The Morgan fingerprint density at radius 3 is 1.58 bits per heavy atom. The highest BCUT2D eigenvalue weighted by Crippen LogP contribution is 2.10. The van der Waals surface area contributed by atoms with Crippen LogP contribution in [0.1, 0.15) is 66.8 Å². The number of rotatable bonds is 4. The number of hydrogen-bond acceptors (Lipinski definition) is 5. The quantitative estimate of drug-likeness (QED) is 0.714. The largest absolute Gasteiger partial charge is 0.387 e. The summed E-state index contributed by atoms with van der Waals surface area (Å²) in [5, 5.41) is 6.06. The van der Waals surface area contributed by atoms with Gasteiger partial charge in [0.05, 0.1) is 17.1 Å². The van der Waals surface area contributed by atoms with Crippen LogP contribution in [0.2, 0.25) is 0 Å². The lowest BCUT2D eigenvalue weighted by atomic mass is 10.2. The van der Waals surface area contributed by atoms with Crippen molar-refractivity contribution >= 4 is 11.5 Å². The SMILES string of the molecule is CC.CC.CC.CCc1ncccc1NC.CCc1nccnc1NC. The molecule has 0 saturated heterocycles. The molecule has 0 amide bonds. The molecule has 2 aromatic rings. The van der Waals surface area contributed by atoms with E-state index in [9.17, 15) is 0 Å². The molecule has 0 spiro atoms. The monoisotopic (exact) mass is 363 g/mol. The smallest absolute Gasteiger partial charge is 0.147 e. The van der Waals surface area contributed by atoms with Crippen LogP contribution in [-0.4, -0.2) is 29.0 Å². The predicted molar refractivity (Wildman–Crippen MR) is 118 cm³/mol. The molecule has 5 heteroatoms. The highest BCUT2D eigenvalue weighted by molar-refractivity contribution is 5.46. The van der Waals surface area contributed by atoms with Crippen LogP contribution >= 0.6 is 0 Å². The highest BCUT2D eigenvalue weighted by Gasteiger charge is 1.97. The molecule has 0 aromatic carbocycles. The molecule has 0 aliphatic rings. The Labute approximate surface area is 162 Å². The normalized spacial score (nSPS) is 7.92. The molecule has 0 unspecified atom stereocenters. The predicted octanol–water partition coefficient (Wildman–Crippen LogP) is 5.85. The van der Waals surface area contributed by atoms with E-state index in [0.717, 1.165) is 35.7 Å². The van der Waals surface area contributed by atoms with Crippen LogP contribution < -0.4 is 10.6 Å². The zero-order valence-corrected chi connectivity index (χ0v) is 18.6. The van der Waals surface area contributed by atoms with Crippen LogP contribution in [0, 0.1) is 0 Å². The molecule has 0 aliphatic heterocycles. The van der Waals surface area contributed by atoms with E-state index in [4.69, 9.17) is 0 Å². The lowest BCUT2D eigenvalue weighted by Crippen LogP contribution is -1.99. The van der Waals surface area contributed by atoms with Crippen LogP contribution in [0.3, 0.4) is 0 Å². The average molecular weight is 364 g/mol. The first kappa shape index (κ1) is 28.6. The van der Waals surface area contributed by atoms with E-state index in [-0.39, 0.29) is 0 Å². The van der Waals surface area contributed by atoms with Gasteiger partial charge in [0, 0.05) is 32.7 Å². The maximum atomic E-state index is 4.21. The Balaban J connectivity index is -0.000000316. The second-order valence-electron chi connectivity index (χ2n) is 4.06. The van der Waals surface area contributed by atoms with Gasteiger partial charge < -0.3 is 10.6 Å². The van der Waals surface area contributed by atoms with Crippen molar-refractivity contribution in [1.82, 2.24) is 15.0 Å². The summed E-state index contributed by atoms with van der Waals surface area (Å²) in [7, 11) is 3.76. The van der Waals surface area contributed by atoms with Gasteiger partial charge >= 0.3 is 0 Å². The van der Waals surface area contributed by atoms with Crippen LogP contribution in [0.4, 0.5) is 11.5 Å². The third kappa shape index (κ3) is 12.2. The maximum Gasteiger partial charge on any atom is 0.147 e. The second kappa shape index (κ2) is 22.8. The number of hydrogen-bond donors (Lipinski definition) is 2. The minimum absolute atomic E-state index is 0.880. The topological polar surface area (TPSA) is 62.7 Å². The molecular weight excluding hydrogens is 322 g/mol. The van der Waals surface area contributed by atoms with Gasteiger partial charge in [-0.2, -0.15) is 0 Å². The molecule has 2 N–H and O–H groups in total. The van der Waals surface area contributed by atoms with Crippen LogP contribution in [0.5, 0.6) is 0 Å². The Hall–Kier alpha value is -2.17. The van der Waals surface area contributed by atoms with Crippen molar-refractivity contribution < 1.29 is 0 Å². The first-order chi connectivity index (χ1) is 12.8. The number of pyridine rings is 1. The summed E-state index contributed by atoms with van der Waals surface area (Å²) in [6, 6.07) is 3.97. The molecule has 2 rings (SSSR count). The summed E-state index contributed by atoms with van der Waals surface area (Å²) in [5.74, 6) is 0.880. The highest BCUT2D eigenvalue weighted by atomic mass is 15.0. The van der Waals surface area contributed by atoms with E-state index in [0.29, 0.717) is 0 Å². The molecule has 150 valence electrons. The molecular formula is C21H41N5. The molecule has 0 aliphatic carbocycles. The van der Waals surface area contributed by atoms with E-state index in [1.165, 1.54) is 0 Å². The first-order valence-electron chi connectivity index (χ1n) is 9.86. The summed E-state index contributed by atoms with van der Waals surface area (Å²) in [4.78, 5) is 12.4. The Kier molecular flexibility index (Phi) is 25.1. The van der Waals surface area contributed by atoms with Gasteiger partial charge in [-0.3, -0.25) is 9.97 Å². The fourth-order valence-electron chi connectivity index (χ4n) is 1.78. The fourth-order valence-corrected chi connectivity index (χ4v) is 1.78. The number of nitrogens with one attached hydrogen (secondary N) is 2. The Morgan fingerprint density at radius 1 is 0.692 bits per heavy atom. The minimum atomic E-state index is 0.880. The van der Waals surface area contributed by atoms with Gasteiger partial charge in [-0.1, -0.05) is 55.4 Å². The molecule has 0 radical (unpaired) electrons. The standard InChI is InChI=1S/C8H12N2.C7H11N3.3C2H6/c1-3-7-8(9-2)5-4-6-10-7;1-3-6-7(8-2)10-5-4-9-6;3*1-2/h4-6,9H,3H2,1-2H3;4-5H,3H2,1-2H3,(H,8,10);3*1-2H3. The average Bonchev–Trinajstić information content (AvgIpc) is 2.78. The Bertz CT molecular complexity index is 422. The van der Waals surface area contributed by atoms with Crippen molar-refractivity contribution in [3.63, 3.8) is 0 Å². The summed E-state index contributed by atoms with van der Waals surface area (Å²) in [6.07, 6.45) is 7.12. The number of nitrogens with zero attached hydrogens (tertiary/aromatic N) is 3. The third-order valence-corrected chi connectivity index (χ3v) is 2.84. The summed E-state index contributed by atoms with van der Waals surface area (Å²) in [5.41, 5.74) is 3.28. The first-order valence-corrected chi connectivity index (χ1v) is 9.86. The van der Waals surface area contributed by atoms with Gasteiger partial charge in [-0.25, -0.2) is 4.98 Å². The number of anilines is 2. The molecule has 2 aromatic heterocycles. The molecule has 0 fully saturated rings. The molecule has 2 heterocycles. The molecule has 5 nitrogen and oxygen atoms in total. The van der Waals surface area contributed by atoms with E-state index in [1.54, 1.807) is 12.4 Å². The van der Waals surface area contributed by atoms with Crippen LogP contribution in [0.25, 0.3) is 0 Å². The van der Waals surface area contributed by atoms with Crippen molar-refractivity contribution in [3.05, 3.63) is 42.1 Å². The van der Waals surface area contributed by atoms with Crippen molar-refractivity contribution in [2.45, 2.75) is 68.2 Å². The molecule has 0 saturated carbocycles. The van der Waals surface area contributed by atoms with Crippen molar-refractivity contribution in [2.24, 2.45) is 0 Å². The van der Waals surface area contributed by atoms with Crippen LogP contribution in [0.15, 0.2) is 30.7 Å². The molecule has 0 bridgehead atoms. The lowest BCUT2D eigenvalue weighted by Gasteiger charge is -2.03. The Morgan fingerprint density at radius 2 is 1.19 bits per heavy atom.